The Labute approximate surface area is 210 Å². The van der Waals surface area contributed by atoms with Crippen LogP contribution in [0.2, 0.25) is 0 Å². The molecular formula is C25H22BrN3O4S. The van der Waals surface area contributed by atoms with Gasteiger partial charge in [-0.15, -0.1) is 0 Å². The number of rotatable bonds is 7. The second-order valence-electron chi connectivity index (χ2n) is 7.41. The molecule has 34 heavy (non-hydrogen) atoms. The molecule has 2 aromatic carbocycles. The average Bonchev–Trinajstić information content (AvgIpc) is 3.30. The summed E-state index contributed by atoms with van der Waals surface area (Å²) in [4.78, 5) is 19.5. The molecule has 0 radical (unpaired) electrons. The number of hydrogen-bond donors (Lipinski definition) is 0. The van der Waals surface area contributed by atoms with E-state index in [0.29, 0.717) is 28.3 Å². The summed E-state index contributed by atoms with van der Waals surface area (Å²) in [5.74, 6) is 0.617. The third kappa shape index (κ3) is 4.56. The lowest BCUT2D eigenvalue weighted by molar-refractivity contribution is -0.139. The van der Waals surface area contributed by atoms with E-state index in [1.54, 1.807) is 20.1 Å². The zero-order chi connectivity index (χ0) is 24.2. The van der Waals surface area contributed by atoms with Gasteiger partial charge in [0.15, 0.2) is 16.7 Å². The zero-order valence-electron chi connectivity index (χ0n) is 18.9. The number of aliphatic imine (C=N–C) groups is 1. The summed E-state index contributed by atoms with van der Waals surface area (Å²) in [6.07, 6.45) is 1.90. The van der Waals surface area contributed by atoms with E-state index in [0.717, 1.165) is 20.8 Å². The molecule has 0 N–H and O–H groups in total. The third-order valence-corrected chi connectivity index (χ3v) is 6.87. The second-order valence-corrected chi connectivity index (χ2v) is 9.14. The highest BCUT2D eigenvalue weighted by molar-refractivity contribution is 9.10. The van der Waals surface area contributed by atoms with Gasteiger partial charge in [-0.05, 0) is 43.0 Å². The molecule has 174 valence electrons. The lowest BCUT2D eigenvalue weighted by atomic mass is 9.94. The van der Waals surface area contributed by atoms with E-state index in [1.165, 1.54) is 11.8 Å². The zero-order valence-corrected chi connectivity index (χ0v) is 21.3. The van der Waals surface area contributed by atoms with Crippen LogP contribution in [0.5, 0.6) is 11.5 Å². The van der Waals surface area contributed by atoms with Gasteiger partial charge in [0.1, 0.15) is 6.61 Å². The Morgan fingerprint density at radius 2 is 2.09 bits per heavy atom. The molecule has 1 atom stereocenters. The molecule has 0 bridgehead atoms. The Kier molecular flexibility index (Phi) is 7.29. The Balaban J connectivity index is 1.72. The van der Waals surface area contributed by atoms with Gasteiger partial charge in [-0.3, -0.25) is 0 Å². The van der Waals surface area contributed by atoms with Crippen LogP contribution >= 0.6 is 27.7 Å². The van der Waals surface area contributed by atoms with Crippen LogP contribution in [-0.2, 0) is 16.1 Å². The number of nitriles is 1. The first kappa shape index (κ1) is 23.9. The smallest absolute Gasteiger partial charge is 0.338 e. The van der Waals surface area contributed by atoms with Crippen molar-refractivity contribution < 1.29 is 19.0 Å². The maximum atomic E-state index is 12.9. The molecule has 9 heteroatoms. The lowest BCUT2D eigenvalue weighted by Crippen LogP contribution is -2.34. The summed E-state index contributed by atoms with van der Waals surface area (Å²) < 4.78 is 17.8. The molecule has 0 spiro atoms. The summed E-state index contributed by atoms with van der Waals surface area (Å²) in [6.45, 7) is 4.08. The number of methoxy groups -OCH3 is 1. The molecule has 2 heterocycles. The Hall–Kier alpha value is -3.22. The molecule has 2 aliphatic heterocycles. The number of ether oxygens (including phenoxy) is 3. The minimum Gasteiger partial charge on any atom is -0.493 e. The summed E-state index contributed by atoms with van der Waals surface area (Å²) in [5, 5.41) is 12.1. The van der Waals surface area contributed by atoms with Crippen molar-refractivity contribution in [3.05, 3.63) is 80.4 Å². The molecule has 4 rings (SSSR count). The molecule has 2 aliphatic rings. The highest BCUT2D eigenvalue weighted by Crippen LogP contribution is 2.46. The summed E-state index contributed by atoms with van der Waals surface area (Å²) >= 11 is 5.17. The number of fused-ring (bicyclic) bond motifs is 1. The fraction of sp³-hybridized carbons (Fsp3) is 0.240. The predicted molar refractivity (Wildman–Crippen MR) is 134 cm³/mol. The van der Waals surface area contributed by atoms with E-state index < -0.39 is 12.0 Å². The SMILES string of the molecule is CCOC(=O)C1=C(C)N=C2SC=CN2[C@H]1c1cc(OC)c(OCc2ccccc2C#N)cc1Br. The first-order chi connectivity index (χ1) is 16.5. The molecule has 0 unspecified atom stereocenters. The Morgan fingerprint density at radius 1 is 1.29 bits per heavy atom. The van der Waals surface area contributed by atoms with Crippen LogP contribution in [0.3, 0.4) is 0 Å². The van der Waals surface area contributed by atoms with Crippen molar-refractivity contribution in [2.45, 2.75) is 26.5 Å². The van der Waals surface area contributed by atoms with Crippen molar-refractivity contribution in [3.63, 3.8) is 0 Å². The average molecular weight is 540 g/mol. The predicted octanol–water partition coefficient (Wildman–Crippen LogP) is 5.68. The Bertz CT molecular complexity index is 1270. The number of benzene rings is 2. The first-order valence-electron chi connectivity index (χ1n) is 10.5. The van der Waals surface area contributed by atoms with Gasteiger partial charge < -0.3 is 19.1 Å². The largest absolute Gasteiger partial charge is 0.493 e. The second kappa shape index (κ2) is 10.4. The van der Waals surface area contributed by atoms with Crippen molar-refractivity contribution in [2.24, 2.45) is 4.99 Å². The fourth-order valence-corrected chi connectivity index (χ4v) is 5.15. The monoisotopic (exact) mass is 539 g/mol. The topological polar surface area (TPSA) is 84.2 Å². The first-order valence-corrected chi connectivity index (χ1v) is 12.2. The number of halogens is 1. The summed E-state index contributed by atoms with van der Waals surface area (Å²) in [6, 6.07) is 12.7. The molecule has 0 aromatic heterocycles. The van der Waals surface area contributed by atoms with E-state index in [2.05, 4.69) is 27.0 Å². The van der Waals surface area contributed by atoms with Crippen molar-refractivity contribution in [1.29, 1.82) is 5.26 Å². The van der Waals surface area contributed by atoms with Gasteiger partial charge in [-0.2, -0.15) is 5.26 Å². The van der Waals surface area contributed by atoms with Crippen LogP contribution in [0.1, 0.15) is 36.6 Å². The number of carbonyl (C=O) groups excluding carboxylic acids is 1. The van der Waals surface area contributed by atoms with E-state index in [4.69, 9.17) is 14.2 Å². The number of hydrogen-bond acceptors (Lipinski definition) is 8. The highest BCUT2D eigenvalue weighted by Gasteiger charge is 2.38. The van der Waals surface area contributed by atoms with Crippen LogP contribution in [0.15, 0.2) is 68.7 Å². The number of carbonyl (C=O) groups is 1. The van der Waals surface area contributed by atoms with E-state index in [-0.39, 0.29) is 13.2 Å². The highest BCUT2D eigenvalue weighted by atomic mass is 79.9. The number of nitrogens with zero attached hydrogens (tertiary/aromatic N) is 3. The van der Waals surface area contributed by atoms with Gasteiger partial charge in [0, 0.05) is 16.2 Å². The van der Waals surface area contributed by atoms with Gasteiger partial charge in [0.05, 0.1) is 42.7 Å². The van der Waals surface area contributed by atoms with Crippen LogP contribution in [-0.4, -0.2) is 29.8 Å². The number of thioether (sulfide) groups is 1. The van der Waals surface area contributed by atoms with Gasteiger partial charge in [0.25, 0.3) is 0 Å². The van der Waals surface area contributed by atoms with Crippen LogP contribution in [0.4, 0.5) is 0 Å². The van der Waals surface area contributed by atoms with Gasteiger partial charge >= 0.3 is 5.97 Å². The van der Waals surface area contributed by atoms with Crippen molar-refractivity contribution in [3.8, 4) is 17.6 Å². The van der Waals surface area contributed by atoms with E-state index in [1.807, 2.05) is 53.8 Å². The molecule has 0 aliphatic carbocycles. The maximum Gasteiger partial charge on any atom is 0.338 e. The quantitative estimate of drug-likeness (QED) is 0.418. The molecule has 2 aromatic rings. The maximum absolute atomic E-state index is 12.9. The minimum atomic E-state index is -0.450. The van der Waals surface area contributed by atoms with Crippen LogP contribution in [0, 0.1) is 11.3 Å². The molecule has 0 fully saturated rings. The molecular weight excluding hydrogens is 518 g/mol. The minimum absolute atomic E-state index is 0.213. The van der Waals surface area contributed by atoms with Crippen molar-refractivity contribution in [1.82, 2.24) is 4.90 Å². The Morgan fingerprint density at radius 3 is 2.82 bits per heavy atom. The van der Waals surface area contributed by atoms with Crippen molar-refractivity contribution in [2.75, 3.05) is 13.7 Å². The third-order valence-electron chi connectivity index (χ3n) is 5.41. The summed E-state index contributed by atoms with van der Waals surface area (Å²) in [5.41, 5.74) is 3.23. The molecule has 0 saturated heterocycles. The van der Waals surface area contributed by atoms with Crippen LogP contribution < -0.4 is 9.47 Å². The van der Waals surface area contributed by atoms with E-state index >= 15 is 0 Å². The number of esters is 1. The normalized spacial score (nSPS) is 16.6. The number of allylic oxidation sites excluding steroid dienone is 1. The van der Waals surface area contributed by atoms with Gasteiger partial charge in [0.2, 0.25) is 0 Å². The van der Waals surface area contributed by atoms with Gasteiger partial charge in [-0.25, -0.2) is 9.79 Å². The lowest BCUT2D eigenvalue weighted by Gasteiger charge is -2.34. The summed E-state index contributed by atoms with van der Waals surface area (Å²) in [7, 11) is 1.57. The van der Waals surface area contributed by atoms with Crippen LogP contribution in [0.25, 0.3) is 0 Å². The molecule has 0 saturated carbocycles. The van der Waals surface area contributed by atoms with Crippen molar-refractivity contribution >= 4 is 38.8 Å². The van der Waals surface area contributed by atoms with E-state index in [9.17, 15) is 10.1 Å². The molecule has 0 amide bonds. The standard InChI is InChI=1S/C25H22BrN3O4S/c1-4-32-24(30)22-15(2)28-25-29(9-10-34-25)23(22)18-11-20(31-3)21(12-19(18)26)33-14-17-8-6-5-7-16(17)13-27/h5-12,23H,4,14H2,1-3H3/t23-/m0/s1. The van der Waals surface area contributed by atoms with Gasteiger partial charge in [-0.1, -0.05) is 45.9 Å². The number of amidine groups is 1. The molecule has 7 nitrogen and oxygen atoms in total. The fourth-order valence-electron chi connectivity index (χ4n) is 3.82.